The van der Waals surface area contributed by atoms with Crippen molar-refractivity contribution < 1.29 is 19.1 Å². The van der Waals surface area contributed by atoms with Crippen molar-refractivity contribution in [3.05, 3.63) is 31.9 Å². The van der Waals surface area contributed by atoms with E-state index in [1.807, 2.05) is 20.8 Å². The summed E-state index contributed by atoms with van der Waals surface area (Å²) in [4.78, 5) is 39.5. The van der Waals surface area contributed by atoms with Gasteiger partial charge in [0.1, 0.15) is 5.00 Å². The first-order chi connectivity index (χ1) is 14.1. The van der Waals surface area contributed by atoms with Crippen molar-refractivity contribution in [1.29, 1.82) is 0 Å². The Balaban J connectivity index is 2.24. The van der Waals surface area contributed by atoms with E-state index >= 15 is 0 Å². The number of thiophene rings is 1. The van der Waals surface area contributed by atoms with Crippen LogP contribution in [0.15, 0.2) is 4.47 Å². The first-order valence-electron chi connectivity index (χ1n) is 9.59. The van der Waals surface area contributed by atoms with Crippen molar-refractivity contribution >= 4 is 50.1 Å². The van der Waals surface area contributed by atoms with Crippen LogP contribution in [-0.2, 0) is 16.1 Å². The molecule has 0 aromatic carbocycles. The summed E-state index contributed by atoms with van der Waals surface area (Å²) >= 11 is 4.56. The summed E-state index contributed by atoms with van der Waals surface area (Å²) in [7, 11) is 3.28. The molecule has 2 amide bonds. The van der Waals surface area contributed by atoms with Gasteiger partial charge in [0.25, 0.3) is 5.91 Å². The first-order valence-corrected chi connectivity index (χ1v) is 11.2. The second-order valence-corrected chi connectivity index (χ2v) is 8.92. The Kier molecular flexibility index (Phi) is 8.19. The van der Waals surface area contributed by atoms with Crippen LogP contribution in [-0.4, -0.2) is 53.2 Å². The van der Waals surface area contributed by atoms with Gasteiger partial charge < -0.3 is 15.0 Å². The Hall–Kier alpha value is -2.20. The fourth-order valence-corrected chi connectivity index (χ4v) is 4.33. The molecular weight excluding hydrogens is 472 g/mol. The number of aromatic nitrogens is 2. The third-order valence-corrected chi connectivity index (χ3v) is 6.83. The third-order valence-electron chi connectivity index (χ3n) is 4.49. The molecular formula is C20H27BrN4O4S. The van der Waals surface area contributed by atoms with E-state index in [-0.39, 0.29) is 30.4 Å². The zero-order valence-corrected chi connectivity index (χ0v) is 20.5. The predicted molar refractivity (Wildman–Crippen MR) is 120 cm³/mol. The topological polar surface area (TPSA) is 93.5 Å². The molecule has 10 heteroatoms. The molecule has 1 N–H and O–H groups in total. The minimum Gasteiger partial charge on any atom is -0.462 e. The summed E-state index contributed by atoms with van der Waals surface area (Å²) in [5.41, 5.74) is 2.54. The fourth-order valence-electron chi connectivity index (χ4n) is 2.81. The molecule has 2 rings (SSSR count). The molecule has 0 aliphatic heterocycles. The SMILES string of the molecule is CCCOC(=O)c1c(NC(=O)CCn2nc(C)c(Br)c2C)sc(C(=O)N(C)C)c1C. The number of anilines is 1. The maximum absolute atomic E-state index is 12.6. The van der Waals surface area contributed by atoms with Crippen molar-refractivity contribution in [3.63, 3.8) is 0 Å². The molecule has 0 atom stereocenters. The van der Waals surface area contributed by atoms with Crippen LogP contribution in [0.5, 0.6) is 0 Å². The smallest absolute Gasteiger partial charge is 0.341 e. The van der Waals surface area contributed by atoms with Crippen LogP contribution < -0.4 is 5.32 Å². The van der Waals surface area contributed by atoms with Gasteiger partial charge in [0, 0.05) is 26.2 Å². The molecule has 0 saturated heterocycles. The average Bonchev–Trinajstić information content (AvgIpc) is 3.14. The average molecular weight is 499 g/mol. The van der Waals surface area contributed by atoms with E-state index < -0.39 is 5.97 Å². The monoisotopic (exact) mass is 498 g/mol. The van der Waals surface area contributed by atoms with Crippen LogP contribution in [0.25, 0.3) is 0 Å². The summed E-state index contributed by atoms with van der Waals surface area (Å²) in [6.45, 7) is 8.07. The van der Waals surface area contributed by atoms with Gasteiger partial charge in [0.15, 0.2) is 0 Å². The number of nitrogens with one attached hydrogen (secondary N) is 1. The molecule has 0 saturated carbocycles. The highest BCUT2D eigenvalue weighted by molar-refractivity contribution is 9.10. The number of carbonyl (C=O) groups is 3. The summed E-state index contributed by atoms with van der Waals surface area (Å²) in [5, 5.41) is 7.52. The predicted octanol–water partition coefficient (Wildman–Crippen LogP) is 3.93. The highest BCUT2D eigenvalue weighted by atomic mass is 79.9. The molecule has 164 valence electrons. The van der Waals surface area contributed by atoms with Crippen molar-refractivity contribution in [2.45, 2.75) is 47.1 Å². The minimum absolute atomic E-state index is 0.172. The molecule has 2 aromatic rings. The fraction of sp³-hybridized carbons (Fsp3) is 0.500. The second-order valence-electron chi connectivity index (χ2n) is 7.10. The first kappa shape index (κ1) is 24.1. The molecule has 2 heterocycles. The Morgan fingerprint density at radius 3 is 2.43 bits per heavy atom. The van der Waals surface area contributed by atoms with Crippen LogP contribution >= 0.6 is 27.3 Å². The van der Waals surface area contributed by atoms with E-state index in [4.69, 9.17) is 4.74 Å². The lowest BCUT2D eigenvalue weighted by molar-refractivity contribution is -0.116. The number of hydrogen-bond donors (Lipinski definition) is 1. The van der Waals surface area contributed by atoms with Crippen LogP contribution in [0.2, 0.25) is 0 Å². The van der Waals surface area contributed by atoms with Gasteiger partial charge in [-0.2, -0.15) is 5.10 Å². The van der Waals surface area contributed by atoms with Gasteiger partial charge in [-0.3, -0.25) is 14.3 Å². The molecule has 30 heavy (non-hydrogen) atoms. The summed E-state index contributed by atoms with van der Waals surface area (Å²) in [5.74, 6) is -1.04. The molecule has 0 unspecified atom stereocenters. The Labute approximate surface area is 188 Å². The van der Waals surface area contributed by atoms with Gasteiger partial charge in [0.05, 0.1) is 33.8 Å². The lowest BCUT2D eigenvalue weighted by Crippen LogP contribution is -2.21. The maximum atomic E-state index is 12.6. The van der Waals surface area contributed by atoms with Gasteiger partial charge in [-0.25, -0.2) is 4.79 Å². The number of halogens is 1. The lowest BCUT2D eigenvalue weighted by Gasteiger charge is -2.09. The largest absolute Gasteiger partial charge is 0.462 e. The van der Waals surface area contributed by atoms with Crippen LogP contribution in [0, 0.1) is 20.8 Å². The van der Waals surface area contributed by atoms with E-state index in [2.05, 4.69) is 26.3 Å². The van der Waals surface area contributed by atoms with E-state index in [1.165, 1.54) is 4.90 Å². The molecule has 0 aliphatic rings. The molecule has 0 aliphatic carbocycles. The Morgan fingerprint density at radius 1 is 1.23 bits per heavy atom. The number of carbonyl (C=O) groups excluding carboxylic acids is 3. The Bertz CT molecular complexity index is 965. The van der Waals surface area contributed by atoms with Crippen LogP contribution in [0.4, 0.5) is 5.00 Å². The van der Waals surface area contributed by atoms with Gasteiger partial charge >= 0.3 is 5.97 Å². The quantitative estimate of drug-likeness (QED) is 0.556. The molecule has 2 aromatic heterocycles. The van der Waals surface area contributed by atoms with Crippen molar-refractivity contribution in [3.8, 4) is 0 Å². The number of nitrogens with zero attached hydrogens (tertiary/aromatic N) is 3. The van der Waals surface area contributed by atoms with Crippen molar-refractivity contribution in [2.24, 2.45) is 0 Å². The molecule has 0 fully saturated rings. The number of ether oxygens (including phenoxy) is 1. The van der Waals surface area contributed by atoms with E-state index in [1.54, 1.807) is 25.7 Å². The zero-order valence-electron chi connectivity index (χ0n) is 18.1. The number of aryl methyl sites for hydroxylation is 2. The molecule has 0 spiro atoms. The van der Waals surface area contributed by atoms with Crippen molar-refractivity contribution in [1.82, 2.24) is 14.7 Å². The number of hydrogen-bond acceptors (Lipinski definition) is 6. The number of rotatable bonds is 8. The summed E-state index contributed by atoms with van der Waals surface area (Å²) in [6.07, 6.45) is 0.851. The van der Waals surface area contributed by atoms with Gasteiger partial charge in [-0.05, 0) is 48.7 Å². The lowest BCUT2D eigenvalue weighted by atomic mass is 10.1. The van der Waals surface area contributed by atoms with Gasteiger partial charge in [-0.15, -0.1) is 11.3 Å². The second kappa shape index (κ2) is 10.2. The van der Waals surface area contributed by atoms with Gasteiger partial charge in [-0.1, -0.05) is 6.92 Å². The van der Waals surface area contributed by atoms with E-state index in [0.717, 1.165) is 27.2 Å². The number of amides is 2. The van der Waals surface area contributed by atoms with Gasteiger partial charge in [0.2, 0.25) is 5.91 Å². The standard InChI is InChI=1S/C20H27BrN4O4S/c1-7-10-29-20(28)15-11(2)17(19(27)24(5)6)30-18(15)22-14(26)8-9-25-13(4)16(21)12(3)23-25/h7-10H2,1-6H3,(H,22,26). The number of esters is 1. The highest BCUT2D eigenvalue weighted by Gasteiger charge is 2.27. The van der Waals surface area contributed by atoms with Crippen molar-refractivity contribution in [2.75, 3.05) is 26.0 Å². The van der Waals surface area contributed by atoms with E-state index in [9.17, 15) is 14.4 Å². The normalized spacial score (nSPS) is 10.8. The third kappa shape index (κ3) is 5.28. The zero-order chi connectivity index (χ0) is 22.6. The molecule has 8 nitrogen and oxygen atoms in total. The maximum Gasteiger partial charge on any atom is 0.341 e. The van der Waals surface area contributed by atoms with E-state index in [0.29, 0.717) is 28.4 Å². The molecule has 0 bridgehead atoms. The Morgan fingerprint density at radius 2 is 1.90 bits per heavy atom. The van der Waals surface area contributed by atoms with Crippen LogP contribution in [0.3, 0.4) is 0 Å². The van der Waals surface area contributed by atoms with Crippen LogP contribution in [0.1, 0.15) is 56.7 Å². The molecule has 0 radical (unpaired) electrons. The highest BCUT2D eigenvalue weighted by Crippen LogP contribution is 2.34. The summed E-state index contributed by atoms with van der Waals surface area (Å²) in [6, 6.07) is 0. The summed E-state index contributed by atoms with van der Waals surface area (Å²) < 4.78 is 7.95. The minimum atomic E-state index is -0.541.